The van der Waals surface area contributed by atoms with E-state index in [9.17, 15) is 9.18 Å². The quantitative estimate of drug-likeness (QED) is 0.742. The number of hydrogen-bond acceptors (Lipinski definition) is 5. The van der Waals surface area contributed by atoms with Crippen molar-refractivity contribution in [2.45, 2.75) is 6.54 Å². The maximum Gasteiger partial charge on any atom is 0.258 e. The van der Waals surface area contributed by atoms with Crippen LogP contribution in [0.1, 0.15) is 5.56 Å². The van der Waals surface area contributed by atoms with E-state index in [0.717, 1.165) is 0 Å². The molecule has 3 rings (SSSR count). The lowest BCUT2D eigenvalue weighted by atomic mass is 10.2. The second-order valence-electron chi connectivity index (χ2n) is 4.91. The summed E-state index contributed by atoms with van der Waals surface area (Å²) in [6, 6.07) is 13.3. The van der Waals surface area contributed by atoms with Gasteiger partial charge in [-0.15, -0.1) is 5.10 Å². The zero-order valence-electron chi connectivity index (χ0n) is 12.6. The van der Waals surface area contributed by atoms with Gasteiger partial charge in [0.1, 0.15) is 17.9 Å². The second kappa shape index (κ2) is 7.32. The van der Waals surface area contributed by atoms with Crippen molar-refractivity contribution in [3.05, 3.63) is 66.2 Å². The average molecular weight is 327 g/mol. The highest BCUT2D eigenvalue weighted by atomic mass is 19.1. The number of tetrazole rings is 1. The van der Waals surface area contributed by atoms with E-state index in [0.29, 0.717) is 17.0 Å². The summed E-state index contributed by atoms with van der Waals surface area (Å²) in [5.74, 6) is -0.192. The molecule has 122 valence electrons. The van der Waals surface area contributed by atoms with E-state index in [1.807, 2.05) is 6.07 Å². The minimum Gasteiger partial charge on any atom is -0.484 e. The first-order valence-electron chi connectivity index (χ1n) is 7.19. The van der Waals surface area contributed by atoms with E-state index in [2.05, 4.69) is 20.8 Å². The fourth-order valence-electron chi connectivity index (χ4n) is 2.03. The summed E-state index contributed by atoms with van der Waals surface area (Å²) < 4.78 is 20.4. The van der Waals surface area contributed by atoms with Gasteiger partial charge in [-0.05, 0) is 28.6 Å². The normalized spacial score (nSPS) is 10.4. The Bertz CT molecular complexity index is 823. The molecule has 0 aliphatic heterocycles. The predicted octanol–water partition coefficient (Wildman–Crippen LogP) is 1.50. The molecular weight excluding hydrogens is 313 g/mol. The summed E-state index contributed by atoms with van der Waals surface area (Å²) in [5, 5.41) is 13.5. The monoisotopic (exact) mass is 327 g/mol. The van der Waals surface area contributed by atoms with Crippen LogP contribution in [0.15, 0.2) is 54.9 Å². The molecule has 0 radical (unpaired) electrons. The first-order chi connectivity index (χ1) is 11.7. The van der Waals surface area contributed by atoms with Gasteiger partial charge < -0.3 is 10.1 Å². The van der Waals surface area contributed by atoms with Crippen molar-refractivity contribution in [3.63, 3.8) is 0 Å². The Morgan fingerprint density at radius 1 is 1.21 bits per heavy atom. The van der Waals surface area contributed by atoms with Gasteiger partial charge in [0.15, 0.2) is 6.61 Å². The molecular formula is C16H14FN5O2. The lowest BCUT2D eigenvalue weighted by molar-refractivity contribution is -0.123. The number of hydrogen-bond donors (Lipinski definition) is 1. The van der Waals surface area contributed by atoms with Crippen LogP contribution in [-0.4, -0.2) is 32.7 Å². The van der Waals surface area contributed by atoms with E-state index < -0.39 is 0 Å². The molecule has 3 aromatic rings. The molecule has 24 heavy (non-hydrogen) atoms. The highest BCUT2D eigenvalue weighted by Crippen LogP contribution is 2.15. The van der Waals surface area contributed by atoms with Crippen molar-refractivity contribution in [2.24, 2.45) is 0 Å². The lowest BCUT2D eigenvalue weighted by Gasteiger charge is -2.09. The minimum atomic E-state index is -0.354. The van der Waals surface area contributed by atoms with Gasteiger partial charge in [0, 0.05) is 18.2 Å². The number of rotatable bonds is 6. The third-order valence-corrected chi connectivity index (χ3v) is 3.23. The van der Waals surface area contributed by atoms with Crippen LogP contribution in [0.3, 0.4) is 0 Å². The summed E-state index contributed by atoms with van der Waals surface area (Å²) >= 11 is 0. The van der Waals surface area contributed by atoms with Gasteiger partial charge in [-0.25, -0.2) is 9.07 Å². The SMILES string of the molecule is O=C(COc1cccc(-n2cnnn2)c1)NCc1ccccc1F. The predicted molar refractivity (Wildman–Crippen MR) is 82.9 cm³/mol. The molecule has 0 unspecified atom stereocenters. The fourth-order valence-corrected chi connectivity index (χ4v) is 2.03. The number of ether oxygens (including phenoxy) is 1. The van der Waals surface area contributed by atoms with Crippen LogP contribution in [-0.2, 0) is 11.3 Å². The molecule has 0 spiro atoms. The molecule has 0 saturated heterocycles. The zero-order chi connectivity index (χ0) is 16.8. The third-order valence-electron chi connectivity index (χ3n) is 3.23. The number of nitrogens with one attached hydrogen (secondary N) is 1. The van der Waals surface area contributed by atoms with Crippen LogP contribution in [0.4, 0.5) is 4.39 Å². The molecule has 0 bridgehead atoms. The maximum atomic E-state index is 13.5. The summed E-state index contributed by atoms with van der Waals surface area (Å²) in [6.07, 6.45) is 1.46. The smallest absolute Gasteiger partial charge is 0.258 e. The Morgan fingerprint density at radius 2 is 2.08 bits per heavy atom. The molecule has 0 saturated carbocycles. The number of carbonyl (C=O) groups excluding carboxylic acids is 1. The molecule has 8 heteroatoms. The molecule has 7 nitrogen and oxygen atoms in total. The number of benzene rings is 2. The van der Waals surface area contributed by atoms with Crippen molar-refractivity contribution in [1.29, 1.82) is 0 Å². The summed E-state index contributed by atoms with van der Waals surface area (Å²) in [4.78, 5) is 11.8. The van der Waals surface area contributed by atoms with Crippen molar-refractivity contribution in [1.82, 2.24) is 25.5 Å². The maximum absolute atomic E-state index is 13.5. The molecule has 0 aliphatic carbocycles. The largest absolute Gasteiger partial charge is 0.484 e. The van der Waals surface area contributed by atoms with Gasteiger partial charge >= 0.3 is 0 Å². The van der Waals surface area contributed by atoms with Gasteiger partial charge in [0.25, 0.3) is 5.91 Å². The minimum absolute atomic E-state index is 0.111. The molecule has 0 aliphatic rings. The molecule has 1 amide bonds. The standard InChI is InChI=1S/C16H14FN5O2/c17-15-7-2-1-4-12(15)9-18-16(23)10-24-14-6-3-5-13(8-14)22-11-19-20-21-22/h1-8,11H,9-10H2,(H,18,23). The molecule has 2 aromatic carbocycles. The summed E-state index contributed by atoms with van der Waals surface area (Å²) in [6.45, 7) is -0.0625. The summed E-state index contributed by atoms with van der Waals surface area (Å²) in [7, 11) is 0. The Labute approximate surface area is 137 Å². The van der Waals surface area contributed by atoms with Crippen LogP contribution in [0.5, 0.6) is 5.75 Å². The first-order valence-corrected chi connectivity index (χ1v) is 7.19. The Hall–Kier alpha value is -3.29. The Balaban J connectivity index is 1.53. The molecule has 1 N–H and O–H groups in total. The highest BCUT2D eigenvalue weighted by Gasteiger charge is 2.06. The number of nitrogens with zero attached hydrogens (tertiary/aromatic N) is 4. The Morgan fingerprint density at radius 3 is 2.88 bits per heavy atom. The van der Waals surface area contributed by atoms with Crippen molar-refractivity contribution in [3.8, 4) is 11.4 Å². The number of halogens is 1. The lowest BCUT2D eigenvalue weighted by Crippen LogP contribution is -2.28. The van der Waals surface area contributed by atoms with Crippen molar-refractivity contribution >= 4 is 5.91 Å². The van der Waals surface area contributed by atoms with Crippen molar-refractivity contribution in [2.75, 3.05) is 6.61 Å². The highest BCUT2D eigenvalue weighted by molar-refractivity contribution is 5.77. The van der Waals surface area contributed by atoms with E-state index in [4.69, 9.17) is 4.74 Å². The number of amides is 1. The van der Waals surface area contributed by atoms with Crippen LogP contribution >= 0.6 is 0 Å². The Kier molecular flexibility index (Phi) is 4.76. The van der Waals surface area contributed by atoms with Gasteiger partial charge in [-0.3, -0.25) is 4.79 Å². The van der Waals surface area contributed by atoms with Crippen LogP contribution in [0, 0.1) is 5.82 Å². The molecule has 1 heterocycles. The van der Waals surface area contributed by atoms with E-state index in [1.165, 1.54) is 17.1 Å². The molecule has 1 aromatic heterocycles. The molecule has 0 fully saturated rings. The van der Waals surface area contributed by atoms with Crippen LogP contribution in [0.25, 0.3) is 5.69 Å². The zero-order valence-corrected chi connectivity index (χ0v) is 12.6. The topological polar surface area (TPSA) is 81.9 Å². The van der Waals surface area contributed by atoms with Gasteiger partial charge in [-0.1, -0.05) is 24.3 Å². The van der Waals surface area contributed by atoms with E-state index in [-0.39, 0.29) is 24.9 Å². The van der Waals surface area contributed by atoms with E-state index >= 15 is 0 Å². The third kappa shape index (κ3) is 3.92. The molecule has 0 atom stereocenters. The van der Waals surface area contributed by atoms with Gasteiger partial charge in [-0.2, -0.15) is 0 Å². The van der Waals surface area contributed by atoms with Gasteiger partial charge in [0.05, 0.1) is 5.69 Å². The first kappa shape index (κ1) is 15.6. The summed E-state index contributed by atoms with van der Waals surface area (Å²) in [5.41, 5.74) is 1.13. The fraction of sp³-hybridized carbons (Fsp3) is 0.125. The van der Waals surface area contributed by atoms with Crippen LogP contribution in [0.2, 0.25) is 0 Å². The van der Waals surface area contributed by atoms with Crippen LogP contribution < -0.4 is 10.1 Å². The average Bonchev–Trinajstić information content (AvgIpc) is 3.14. The van der Waals surface area contributed by atoms with Crippen molar-refractivity contribution < 1.29 is 13.9 Å². The van der Waals surface area contributed by atoms with Gasteiger partial charge in [0.2, 0.25) is 0 Å². The van der Waals surface area contributed by atoms with E-state index in [1.54, 1.807) is 36.4 Å². The number of carbonyl (C=O) groups is 1. The number of aromatic nitrogens is 4. The second-order valence-corrected chi connectivity index (χ2v) is 4.91.